The number of rotatable bonds is 19. The lowest BCUT2D eigenvalue weighted by Crippen LogP contribution is -2.25. The Labute approximate surface area is 493 Å². The molecular weight excluding hydrogens is 1120 g/mol. The van der Waals surface area contributed by atoms with Crippen LogP contribution >= 0.6 is 34.8 Å². The number of carbonyl (C=O) groups excluding carboxylic acids is 2. The molecule has 0 saturated heterocycles. The van der Waals surface area contributed by atoms with E-state index in [-0.39, 0.29) is 42.6 Å². The van der Waals surface area contributed by atoms with Crippen LogP contribution in [-0.4, -0.2) is 58.2 Å². The van der Waals surface area contributed by atoms with Gasteiger partial charge in [-0.25, -0.2) is 0 Å². The van der Waals surface area contributed by atoms with Gasteiger partial charge in [-0.3, -0.25) is 28.8 Å². The average Bonchev–Trinajstić information content (AvgIpc) is 3.66. The van der Waals surface area contributed by atoms with Crippen LogP contribution in [-0.2, 0) is 58.0 Å². The monoisotopic (exact) mass is 1180 g/mol. The van der Waals surface area contributed by atoms with E-state index in [4.69, 9.17) is 50.4 Å². The van der Waals surface area contributed by atoms with Gasteiger partial charge in [-0.05, 0) is 97.5 Å². The fourth-order valence-electron chi connectivity index (χ4n) is 8.28. The van der Waals surface area contributed by atoms with Gasteiger partial charge in [-0.1, -0.05) is 144 Å². The van der Waals surface area contributed by atoms with Gasteiger partial charge in [0.05, 0.1) is 45.5 Å². The topological polar surface area (TPSA) is 247 Å². The number of nitrogens with two attached hydrogens (primary N) is 1. The molecule has 0 unspecified atom stereocenters. The summed E-state index contributed by atoms with van der Waals surface area (Å²) in [6.45, 7) is 9.01. The highest BCUT2D eigenvalue weighted by Crippen LogP contribution is 2.28. The second kappa shape index (κ2) is 29.4. The third kappa shape index (κ3) is 17.6. The number of primary amides is 1. The van der Waals surface area contributed by atoms with Crippen LogP contribution in [0, 0.1) is 20.8 Å². The number of nitrogens with zero attached hydrogens (tertiary/aromatic N) is 6. The maximum atomic E-state index is 12.5. The smallest absolute Gasteiger partial charge is 0.310 e. The Morgan fingerprint density at radius 3 is 1.10 bits per heavy atom. The number of ether oxygens (including phenoxy) is 1. The first-order chi connectivity index (χ1) is 39.8. The summed E-state index contributed by atoms with van der Waals surface area (Å²) in [5, 5.41) is 20.4. The van der Waals surface area contributed by atoms with Gasteiger partial charge in [-0.2, -0.15) is 15.0 Å². The summed E-state index contributed by atoms with van der Waals surface area (Å²) >= 11 is 18.6. The predicted octanol–water partition coefficient (Wildman–Crippen LogP) is 10.8. The van der Waals surface area contributed by atoms with E-state index in [1.807, 2.05) is 147 Å². The Hall–Kier alpha value is -9.36. The van der Waals surface area contributed by atoms with Crippen molar-refractivity contribution in [1.82, 2.24) is 28.7 Å². The summed E-state index contributed by atoms with van der Waals surface area (Å²) in [6, 6.07) is 45.6. The highest BCUT2D eigenvalue weighted by Gasteiger charge is 2.18. The van der Waals surface area contributed by atoms with Crippen LogP contribution in [0.15, 0.2) is 179 Å². The van der Waals surface area contributed by atoms with Crippen molar-refractivity contribution in [3.63, 3.8) is 0 Å². The number of amides is 1. The average molecular weight is 1180 g/mol. The molecule has 6 aromatic carbocycles. The van der Waals surface area contributed by atoms with Gasteiger partial charge in [0.1, 0.15) is 0 Å². The summed E-state index contributed by atoms with van der Waals surface area (Å²) in [6.07, 6.45) is 4.16. The van der Waals surface area contributed by atoms with E-state index in [1.165, 1.54) is 0 Å². The highest BCUT2D eigenvalue weighted by molar-refractivity contribution is 6.32. The van der Waals surface area contributed by atoms with Crippen molar-refractivity contribution < 1.29 is 24.2 Å². The molecule has 21 heteroatoms. The molecule has 0 radical (unpaired) electrons. The van der Waals surface area contributed by atoms with Crippen LogP contribution in [0.5, 0.6) is 0 Å². The van der Waals surface area contributed by atoms with Gasteiger partial charge in [0.2, 0.25) is 23.8 Å². The molecule has 9 aromatic rings. The molecule has 0 saturated carbocycles. The minimum Gasteiger partial charge on any atom is -0.481 e. The molecule has 18 nitrogen and oxygen atoms in total. The lowest BCUT2D eigenvalue weighted by Gasteiger charge is -2.17. The van der Waals surface area contributed by atoms with E-state index in [0.717, 1.165) is 50.4 Å². The third-order valence-electron chi connectivity index (χ3n) is 12.7. The standard InChI is InChI=1S/C22H22ClN3O3.C20H19ClN4O2.C20H18ClN3O3/c1-3-29-20(27)12-17-14-26(13-16-8-5-4-6-9-16)22(25-21(17)28)24-19-11-7-10-18(23)15(19)2;1-13-16(21)8-5-9-17(13)23-20-24-19(27)15(10-18(22)26)12-25(20)11-14-6-3-2-4-7-14;1-13-16(21)8-5-9-17(13)22-20-23-19(27)15(10-18(25)26)12-24(20)11-14-6-3-2-4-7-14/h4-11,14H,3,12-13H2,1-2H3,(H,24,25,28);2-9,12H,10-11H2,1H3,(H2,22,26)(H,23,24,27);2-9,12H,10-11H2,1H3,(H,25,26)(H,22,23,27). The normalized spacial score (nSPS) is 10.6. The summed E-state index contributed by atoms with van der Waals surface area (Å²) in [7, 11) is 0. The van der Waals surface area contributed by atoms with E-state index >= 15 is 0 Å². The first kappa shape index (κ1) is 61.3. The quantitative estimate of drug-likeness (QED) is 0.0473. The number of anilines is 6. The van der Waals surface area contributed by atoms with Crippen LogP contribution in [0.1, 0.15) is 57.0 Å². The fraction of sp³-hybridized carbons (Fsp3) is 0.177. The molecule has 3 heterocycles. The van der Waals surface area contributed by atoms with Gasteiger partial charge >= 0.3 is 11.9 Å². The zero-order chi connectivity index (χ0) is 59.6. The van der Waals surface area contributed by atoms with E-state index in [2.05, 4.69) is 30.9 Å². The van der Waals surface area contributed by atoms with Crippen LogP contribution in [0.25, 0.3) is 0 Å². The molecule has 426 valence electrons. The number of hydrogen-bond acceptors (Lipinski definition) is 13. The fourth-order valence-corrected chi connectivity index (χ4v) is 8.81. The number of nitrogens with one attached hydrogen (secondary N) is 3. The molecule has 0 aliphatic carbocycles. The molecule has 0 atom stereocenters. The molecule has 0 spiro atoms. The minimum atomic E-state index is -1.08. The minimum absolute atomic E-state index is 0.120. The SMILES string of the molecule is CCOC(=O)Cc1cn(Cc2ccccc2)c(Nc2cccc(Cl)c2C)nc1=O.Cc1c(Cl)cccc1Nc1nc(=O)c(CC(=O)O)cn1Cc1ccccc1.Cc1c(Cl)cccc1Nc1nc(=O)c(CC(N)=O)cn1Cc1ccccc1. The number of halogens is 3. The van der Waals surface area contributed by atoms with Crippen molar-refractivity contribution >= 4 is 87.6 Å². The Kier molecular flexibility index (Phi) is 21.7. The van der Waals surface area contributed by atoms with Gasteiger partial charge in [-0.15, -0.1) is 0 Å². The second-order valence-corrected chi connectivity index (χ2v) is 20.1. The zero-order valence-electron chi connectivity index (χ0n) is 45.7. The number of aliphatic carboxylic acids is 1. The van der Waals surface area contributed by atoms with Crippen LogP contribution in [0.3, 0.4) is 0 Å². The number of esters is 1. The number of aromatic nitrogens is 6. The van der Waals surface area contributed by atoms with Crippen molar-refractivity contribution in [2.24, 2.45) is 5.73 Å². The van der Waals surface area contributed by atoms with Crippen molar-refractivity contribution in [3.05, 3.63) is 260 Å². The number of hydrogen-bond donors (Lipinski definition) is 5. The zero-order valence-corrected chi connectivity index (χ0v) is 48.0. The molecule has 9 rings (SSSR count). The van der Waals surface area contributed by atoms with Crippen LogP contribution < -0.4 is 38.4 Å². The second-order valence-electron chi connectivity index (χ2n) is 18.8. The molecule has 83 heavy (non-hydrogen) atoms. The van der Waals surface area contributed by atoms with Gasteiger partial charge in [0, 0.05) is 67.4 Å². The molecule has 1 amide bonds. The van der Waals surface area contributed by atoms with E-state index in [1.54, 1.807) is 58.9 Å². The molecule has 0 fully saturated rings. The van der Waals surface area contributed by atoms with Crippen LogP contribution in [0.4, 0.5) is 34.9 Å². The summed E-state index contributed by atoms with van der Waals surface area (Å²) in [5.74, 6) is -1.05. The first-order valence-corrected chi connectivity index (χ1v) is 27.1. The summed E-state index contributed by atoms with van der Waals surface area (Å²) in [5.41, 5.74) is 12.2. The number of carbonyl (C=O) groups is 3. The highest BCUT2D eigenvalue weighted by atomic mass is 35.5. The number of benzene rings is 6. The molecular formula is C62H59Cl3N10O8. The van der Waals surface area contributed by atoms with Crippen molar-refractivity contribution in [2.75, 3.05) is 22.6 Å². The first-order valence-electron chi connectivity index (χ1n) is 26.0. The Morgan fingerprint density at radius 2 is 0.795 bits per heavy atom. The lowest BCUT2D eigenvalue weighted by atomic mass is 10.2. The Balaban J connectivity index is 0.000000179. The molecule has 3 aromatic heterocycles. The van der Waals surface area contributed by atoms with Gasteiger partial charge in [0.25, 0.3) is 16.7 Å². The van der Waals surface area contributed by atoms with Crippen molar-refractivity contribution in [1.29, 1.82) is 0 Å². The molecule has 0 aliphatic rings. The molecule has 0 bridgehead atoms. The van der Waals surface area contributed by atoms with Crippen LogP contribution in [0.2, 0.25) is 15.1 Å². The van der Waals surface area contributed by atoms with Gasteiger partial charge in [0.15, 0.2) is 0 Å². The van der Waals surface area contributed by atoms with Crippen molar-refractivity contribution in [2.45, 2.75) is 66.6 Å². The predicted molar refractivity (Wildman–Crippen MR) is 325 cm³/mol. The molecule has 0 aliphatic heterocycles. The third-order valence-corrected chi connectivity index (χ3v) is 13.9. The summed E-state index contributed by atoms with van der Waals surface area (Å²) < 4.78 is 10.3. The maximum absolute atomic E-state index is 12.5. The Bertz CT molecular complexity index is 3770. The van der Waals surface area contributed by atoms with E-state index < -0.39 is 34.5 Å². The number of carboxylic acid groups (broad SMARTS) is 1. The number of carboxylic acids is 1. The van der Waals surface area contributed by atoms with Gasteiger partial charge < -0.3 is 45.2 Å². The van der Waals surface area contributed by atoms with E-state index in [0.29, 0.717) is 52.5 Å². The largest absolute Gasteiger partial charge is 0.481 e. The maximum Gasteiger partial charge on any atom is 0.310 e. The van der Waals surface area contributed by atoms with E-state index in [9.17, 15) is 28.8 Å². The molecule has 6 N–H and O–H groups in total. The summed E-state index contributed by atoms with van der Waals surface area (Å²) in [4.78, 5) is 83.7. The lowest BCUT2D eigenvalue weighted by molar-refractivity contribution is -0.142. The Morgan fingerprint density at radius 1 is 0.482 bits per heavy atom. The van der Waals surface area contributed by atoms with Crippen molar-refractivity contribution in [3.8, 4) is 0 Å².